The highest BCUT2D eigenvalue weighted by atomic mass is 16.5. The summed E-state index contributed by atoms with van der Waals surface area (Å²) >= 11 is 0. The fraction of sp³-hybridized carbons (Fsp3) is 0.400. The molecule has 6 heteroatoms. The molecule has 0 unspecified atom stereocenters. The van der Waals surface area contributed by atoms with E-state index in [-0.39, 0.29) is 5.92 Å². The van der Waals surface area contributed by atoms with Crippen LogP contribution < -0.4 is 9.47 Å². The first-order valence-corrected chi connectivity index (χ1v) is 6.84. The molecule has 0 N–H and O–H groups in total. The number of methoxy groups -OCH3 is 2. The van der Waals surface area contributed by atoms with E-state index in [0.717, 1.165) is 28.2 Å². The van der Waals surface area contributed by atoms with Gasteiger partial charge in [0.25, 0.3) is 0 Å². The molecule has 3 rings (SSSR count). The Hall–Kier alpha value is -2.37. The van der Waals surface area contributed by atoms with Gasteiger partial charge in [0.1, 0.15) is 5.82 Å². The molecule has 0 aliphatic heterocycles. The number of aryl methyl sites for hydroxylation is 1. The highest BCUT2D eigenvalue weighted by Gasteiger charge is 2.17. The molecule has 2 heterocycles. The van der Waals surface area contributed by atoms with Crippen LogP contribution in [-0.2, 0) is 0 Å². The molecule has 0 radical (unpaired) electrons. The van der Waals surface area contributed by atoms with Crippen molar-refractivity contribution in [2.24, 2.45) is 0 Å². The van der Waals surface area contributed by atoms with E-state index in [1.165, 1.54) is 0 Å². The Morgan fingerprint density at radius 2 is 1.71 bits per heavy atom. The smallest absolute Gasteiger partial charge is 0.182 e. The Labute approximate surface area is 122 Å². The van der Waals surface area contributed by atoms with Crippen LogP contribution in [0.1, 0.15) is 31.3 Å². The molecule has 6 nitrogen and oxygen atoms in total. The summed E-state index contributed by atoms with van der Waals surface area (Å²) in [5, 5.41) is 8.57. The lowest BCUT2D eigenvalue weighted by atomic mass is 10.2. The average Bonchev–Trinajstić information content (AvgIpc) is 2.92. The lowest BCUT2D eigenvalue weighted by Crippen LogP contribution is -2.02. The van der Waals surface area contributed by atoms with Gasteiger partial charge >= 0.3 is 0 Å². The lowest BCUT2D eigenvalue weighted by molar-refractivity contribution is 0.355. The third-order valence-electron chi connectivity index (χ3n) is 3.54. The Bertz CT molecular complexity index is 824. The monoisotopic (exact) mass is 286 g/mol. The van der Waals surface area contributed by atoms with Crippen molar-refractivity contribution in [3.05, 3.63) is 23.7 Å². The van der Waals surface area contributed by atoms with Crippen molar-refractivity contribution in [3.8, 4) is 11.5 Å². The summed E-state index contributed by atoms with van der Waals surface area (Å²) in [4.78, 5) is 4.60. The molecule has 0 amide bonds. The molecule has 0 aliphatic rings. The van der Waals surface area contributed by atoms with Gasteiger partial charge in [0.05, 0.1) is 30.9 Å². The van der Waals surface area contributed by atoms with Crippen molar-refractivity contribution >= 4 is 16.7 Å². The molecular weight excluding hydrogens is 268 g/mol. The second-order valence-corrected chi connectivity index (χ2v) is 5.27. The van der Waals surface area contributed by atoms with Gasteiger partial charge in [-0.05, 0) is 6.92 Å². The van der Waals surface area contributed by atoms with E-state index >= 15 is 0 Å². The number of fused-ring (bicyclic) bond motifs is 3. The lowest BCUT2D eigenvalue weighted by Gasteiger charge is -2.12. The molecule has 0 aliphatic carbocycles. The van der Waals surface area contributed by atoms with Gasteiger partial charge in [0.15, 0.2) is 17.1 Å². The maximum Gasteiger partial charge on any atom is 0.182 e. The molecule has 2 aromatic heterocycles. The summed E-state index contributed by atoms with van der Waals surface area (Å²) in [6.07, 6.45) is 0. The van der Waals surface area contributed by atoms with E-state index in [4.69, 9.17) is 9.47 Å². The van der Waals surface area contributed by atoms with Gasteiger partial charge in [-0.1, -0.05) is 13.8 Å². The van der Waals surface area contributed by atoms with E-state index < -0.39 is 0 Å². The molecule has 0 bridgehead atoms. The van der Waals surface area contributed by atoms with Crippen LogP contribution in [-0.4, -0.2) is 33.8 Å². The first kappa shape index (κ1) is 13.6. The molecule has 21 heavy (non-hydrogen) atoms. The Morgan fingerprint density at radius 1 is 1.05 bits per heavy atom. The standard InChI is InChI=1S/C15H18N4O2/c1-8(2)14-17-18-15-9(3)16-10-6-12(20-4)13(21-5)7-11(10)19(14)15/h6-8H,1-5H3. The van der Waals surface area contributed by atoms with Gasteiger partial charge in [0, 0.05) is 18.1 Å². The van der Waals surface area contributed by atoms with Crippen molar-refractivity contribution in [1.82, 2.24) is 19.6 Å². The normalized spacial score (nSPS) is 11.5. The average molecular weight is 286 g/mol. The summed E-state index contributed by atoms with van der Waals surface area (Å²) in [5.41, 5.74) is 3.37. The van der Waals surface area contributed by atoms with Gasteiger partial charge in [-0.3, -0.25) is 4.40 Å². The minimum Gasteiger partial charge on any atom is -0.493 e. The van der Waals surface area contributed by atoms with Crippen molar-refractivity contribution < 1.29 is 9.47 Å². The maximum absolute atomic E-state index is 5.39. The van der Waals surface area contributed by atoms with Crippen LogP contribution in [0.15, 0.2) is 12.1 Å². The largest absolute Gasteiger partial charge is 0.493 e. The van der Waals surface area contributed by atoms with Crippen LogP contribution in [0, 0.1) is 6.92 Å². The molecule has 0 spiro atoms. The Kier molecular flexibility index (Phi) is 3.16. The summed E-state index contributed by atoms with van der Waals surface area (Å²) in [6.45, 7) is 6.13. The number of rotatable bonds is 3. The van der Waals surface area contributed by atoms with Crippen molar-refractivity contribution in [2.75, 3.05) is 14.2 Å². The van der Waals surface area contributed by atoms with E-state index in [0.29, 0.717) is 11.5 Å². The third kappa shape index (κ3) is 1.98. The molecule has 110 valence electrons. The van der Waals surface area contributed by atoms with Crippen molar-refractivity contribution in [1.29, 1.82) is 0 Å². The molecule has 3 aromatic rings. The zero-order valence-corrected chi connectivity index (χ0v) is 12.8. The number of ether oxygens (including phenoxy) is 2. The second-order valence-electron chi connectivity index (χ2n) is 5.27. The van der Waals surface area contributed by atoms with Crippen molar-refractivity contribution in [2.45, 2.75) is 26.7 Å². The zero-order valence-electron chi connectivity index (χ0n) is 12.8. The molecular formula is C15H18N4O2. The zero-order chi connectivity index (χ0) is 15.1. The summed E-state index contributed by atoms with van der Waals surface area (Å²) in [7, 11) is 3.24. The summed E-state index contributed by atoms with van der Waals surface area (Å²) in [6, 6.07) is 3.80. The quantitative estimate of drug-likeness (QED) is 0.741. The van der Waals surface area contributed by atoms with Gasteiger partial charge in [-0.15, -0.1) is 10.2 Å². The summed E-state index contributed by atoms with van der Waals surface area (Å²) < 4.78 is 12.8. The predicted octanol–water partition coefficient (Wildman–Crippen LogP) is 2.73. The van der Waals surface area contributed by atoms with Crippen molar-refractivity contribution in [3.63, 3.8) is 0 Å². The molecule has 0 atom stereocenters. The summed E-state index contributed by atoms with van der Waals surface area (Å²) in [5.74, 6) is 2.50. The van der Waals surface area contributed by atoms with Crippen LogP contribution in [0.5, 0.6) is 11.5 Å². The van der Waals surface area contributed by atoms with E-state index in [1.807, 2.05) is 23.5 Å². The number of hydrogen-bond donors (Lipinski definition) is 0. The SMILES string of the molecule is COc1cc2nc(C)c3nnc(C(C)C)n3c2cc1OC. The molecule has 1 aromatic carbocycles. The van der Waals surface area contributed by atoms with Crippen LogP contribution in [0.2, 0.25) is 0 Å². The first-order chi connectivity index (χ1) is 10.1. The number of hydrogen-bond acceptors (Lipinski definition) is 5. The van der Waals surface area contributed by atoms with E-state index in [2.05, 4.69) is 29.0 Å². The van der Waals surface area contributed by atoms with Crippen LogP contribution in [0.4, 0.5) is 0 Å². The topological polar surface area (TPSA) is 61.5 Å². The van der Waals surface area contributed by atoms with Crippen LogP contribution in [0.3, 0.4) is 0 Å². The third-order valence-corrected chi connectivity index (χ3v) is 3.54. The minimum atomic E-state index is 0.262. The highest BCUT2D eigenvalue weighted by Crippen LogP contribution is 2.33. The molecule has 0 saturated carbocycles. The Morgan fingerprint density at radius 3 is 2.33 bits per heavy atom. The fourth-order valence-corrected chi connectivity index (χ4v) is 2.50. The van der Waals surface area contributed by atoms with Crippen LogP contribution in [0.25, 0.3) is 16.7 Å². The number of aromatic nitrogens is 4. The minimum absolute atomic E-state index is 0.262. The van der Waals surface area contributed by atoms with Gasteiger partial charge < -0.3 is 9.47 Å². The molecule has 0 fully saturated rings. The number of benzene rings is 1. The van der Waals surface area contributed by atoms with E-state index in [9.17, 15) is 0 Å². The first-order valence-electron chi connectivity index (χ1n) is 6.84. The van der Waals surface area contributed by atoms with Gasteiger partial charge in [-0.25, -0.2) is 4.98 Å². The van der Waals surface area contributed by atoms with Gasteiger partial charge in [0.2, 0.25) is 0 Å². The fourth-order valence-electron chi connectivity index (χ4n) is 2.50. The van der Waals surface area contributed by atoms with E-state index in [1.54, 1.807) is 14.2 Å². The number of nitrogens with zero attached hydrogens (tertiary/aromatic N) is 4. The van der Waals surface area contributed by atoms with Crippen LogP contribution >= 0.6 is 0 Å². The predicted molar refractivity (Wildman–Crippen MR) is 80.2 cm³/mol. The maximum atomic E-state index is 5.39. The second kappa shape index (κ2) is 4.87. The highest BCUT2D eigenvalue weighted by molar-refractivity contribution is 5.82. The molecule has 0 saturated heterocycles. The Balaban J connectivity index is 2.48. The van der Waals surface area contributed by atoms with Gasteiger partial charge in [-0.2, -0.15) is 0 Å².